The summed E-state index contributed by atoms with van der Waals surface area (Å²) >= 11 is 5.96. The first kappa shape index (κ1) is 13.3. The lowest BCUT2D eigenvalue weighted by Crippen LogP contribution is -2.48. The molecule has 3 heteroatoms. The van der Waals surface area contributed by atoms with E-state index in [9.17, 15) is 0 Å². The number of hydrogen-bond donors (Lipinski definition) is 1. The van der Waals surface area contributed by atoms with Crippen LogP contribution in [0.5, 0.6) is 0 Å². The molecule has 1 aliphatic heterocycles. The summed E-state index contributed by atoms with van der Waals surface area (Å²) in [4.78, 5) is 2.49. The van der Waals surface area contributed by atoms with Crippen molar-refractivity contribution < 1.29 is 0 Å². The van der Waals surface area contributed by atoms with Gasteiger partial charge in [0.25, 0.3) is 0 Å². The van der Waals surface area contributed by atoms with Crippen molar-refractivity contribution in [3.63, 3.8) is 0 Å². The summed E-state index contributed by atoms with van der Waals surface area (Å²) in [7, 11) is 0. The van der Waals surface area contributed by atoms with Gasteiger partial charge in [-0.1, -0.05) is 24.4 Å². The molecule has 1 aromatic carbocycles. The molecule has 2 fully saturated rings. The first-order valence-corrected chi connectivity index (χ1v) is 7.95. The van der Waals surface area contributed by atoms with Crippen molar-refractivity contribution in [3.8, 4) is 0 Å². The highest BCUT2D eigenvalue weighted by Crippen LogP contribution is 2.24. The lowest BCUT2D eigenvalue weighted by Gasteiger charge is -2.36. The number of halogens is 1. The maximum absolute atomic E-state index is 5.96. The number of anilines is 1. The molecule has 0 amide bonds. The summed E-state index contributed by atoms with van der Waals surface area (Å²) in [6.07, 6.45) is 8.17. The van der Waals surface area contributed by atoms with E-state index in [1.54, 1.807) is 0 Å². The second-order valence-corrected chi connectivity index (χ2v) is 6.35. The number of nitrogens with zero attached hydrogens (tertiary/aromatic N) is 1. The SMILES string of the molecule is Clc1ccc(N2CCCC(NC3CCCC3)C2)cc1. The molecule has 19 heavy (non-hydrogen) atoms. The molecule has 2 aliphatic rings. The average molecular weight is 279 g/mol. The minimum absolute atomic E-state index is 0.660. The van der Waals surface area contributed by atoms with Crippen molar-refractivity contribution in [3.05, 3.63) is 29.3 Å². The highest BCUT2D eigenvalue weighted by atomic mass is 35.5. The predicted octanol–water partition coefficient (Wildman–Crippen LogP) is 3.84. The summed E-state index contributed by atoms with van der Waals surface area (Å²) in [6.45, 7) is 2.31. The highest BCUT2D eigenvalue weighted by molar-refractivity contribution is 6.30. The Morgan fingerprint density at radius 3 is 2.37 bits per heavy atom. The maximum atomic E-state index is 5.96. The van der Waals surface area contributed by atoms with Crippen LogP contribution in [0.4, 0.5) is 5.69 Å². The van der Waals surface area contributed by atoms with E-state index in [-0.39, 0.29) is 0 Å². The van der Waals surface area contributed by atoms with Crippen molar-refractivity contribution in [2.24, 2.45) is 0 Å². The number of hydrogen-bond acceptors (Lipinski definition) is 2. The zero-order valence-corrected chi connectivity index (χ0v) is 12.2. The average Bonchev–Trinajstić information content (AvgIpc) is 2.93. The summed E-state index contributed by atoms with van der Waals surface area (Å²) in [6, 6.07) is 9.69. The molecule has 1 heterocycles. The highest BCUT2D eigenvalue weighted by Gasteiger charge is 2.24. The van der Waals surface area contributed by atoms with Crippen LogP contribution in [-0.4, -0.2) is 25.2 Å². The van der Waals surface area contributed by atoms with E-state index in [0.717, 1.165) is 17.6 Å². The molecule has 1 unspecified atom stereocenters. The molecular formula is C16H23ClN2. The molecule has 0 aromatic heterocycles. The lowest BCUT2D eigenvalue weighted by molar-refractivity contribution is 0.375. The first-order chi connectivity index (χ1) is 9.31. The lowest BCUT2D eigenvalue weighted by atomic mass is 10.0. The number of nitrogens with one attached hydrogen (secondary N) is 1. The van der Waals surface area contributed by atoms with Gasteiger partial charge >= 0.3 is 0 Å². The molecular weight excluding hydrogens is 256 g/mol. The van der Waals surface area contributed by atoms with Gasteiger partial charge in [-0.3, -0.25) is 0 Å². The monoisotopic (exact) mass is 278 g/mol. The summed E-state index contributed by atoms with van der Waals surface area (Å²) in [5.41, 5.74) is 1.31. The summed E-state index contributed by atoms with van der Waals surface area (Å²) in [5, 5.41) is 4.68. The zero-order valence-electron chi connectivity index (χ0n) is 11.4. The number of piperidine rings is 1. The van der Waals surface area contributed by atoms with E-state index in [1.165, 1.54) is 50.8 Å². The molecule has 1 saturated heterocycles. The van der Waals surface area contributed by atoms with E-state index in [4.69, 9.17) is 11.6 Å². The Labute approximate surface area is 121 Å². The quantitative estimate of drug-likeness (QED) is 0.904. The van der Waals surface area contributed by atoms with Gasteiger partial charge in [0.2, 0.25) is 0 Å². The molecule has 104 valence electrons. The molecule has 1 atom stereocenters. The Morgan fingerprint density at radius 1 is 0.947 bits per heavy atom. The summed E-state index contributed by atoms with van der Waals surface area (Å²) in [5.74, 6) is 0. The Bertz CT molecular complexity index is 398. The van der Waals surface area contributed by atoms with E-state index < -0.39 is 0 Å². The van der Waals surface area contributed by atoms with Crippen molar-refractivity contribution in [2.45, 2.75) is 50.6 Å². The fourth-order valence-corrected chi connectivity index (χ4v) is 3.55. The molecule has 1 N–H and O–H groups in total. The van der Waals surface area contributed by atoms with Gasteiger partial charge < -0.3 is 10.2 Å². The fraction of sp³-hybridized carbons (Fsp3) is 0.625. The molecule has 0 radical (unpaired) electrons. The van der Waals surface area contributed by atoms with Crippen molar-refractivity contribution in [2.75, 3.05) is 18.0 Å². The molecule has 1 aliphatic carbocycles. The van der Waals surface area contributed by atoms with Crippen molar-refractivity contribution >= 4 is 17.3 Å². The van der Waals surface area contributed by atoms with Crippen LogP contribution in [0.3, 0.4) is 0 Å². The van der Waals surface area contributed by atoms with E-state index in [2.05, 4.69) is 22.3 Å². The van der Waals surface area contributed by atoms with E-state index >= 15 is 0 Å². The van der Waals surface area contributed by atoms with Crippen LogP contribution < -0.4 is 10.2 Å². The number of rotatable bonds is 3. The standard InChI is InChI=1S/C16H23ClN2/c17-13-7-9-16(10-8-13)19-11-3-6-15(12-19)18-14-4-1-2-5-14/h7-10,14-15,18H,1-6,11-12H2. The van der Waals surface area contributed by atoms with Crippen LogP contribution in [0, 0.1) is 0 Å². The van der Waals surface area contributed by atoms with Crippen LogP contribution in [-0.2, 0) is 0 Å². The van der Waals surface area contributed by atoms with Gasteiger partial charge in [0.1, 0.15) is 0 Å². The normalized spacial score (nSPS) is 24.9. The van der Waals surface area contributed by atoms with Crippen LogP contribution in [0.2, 0.25) is 5.02 Å². The molecule has 2 nitrogen and oxygen atoms in total. The third-order valence-corrected chi connectivity index (χ3v) is 4.69. The minimum Gasteiger partial charge on any atom is -0.370 e. The predicted molar refractivity (Wildman–Crippen MR) is 82.1 cm³/mol. The van der Waals surface area contributed by atoms with Crippen molar-refractivity contribution in [1.82, 2.24) is 5.32 Å². The second kappa shape index (κ2) is 6.15. The zero-order chi connectivity index (χ0) is 13.1. The third-order valence-electron chi connectivity index (χ3n) is 4.44. The third kappa shape index (κ3) is 3.43. The Morgan fingerprint density at radius 2 is 1.63 bits per heavy atom. The number of benzene rings is 1. The topological polar surface area (TPSA) is 15.3 Å². The van der Waals surface area contributed by atoms with E-state index in [0.29, 0.717) is 6.04 Å². The smallest absolute Gasteiger partial charge is 0.0407 e. The Balaban J connectivity index is 1.59. The fourth-order valence-electron chi connectivity index (χ4n) is 3.43. The largest absolute Gasteiger partial charge is 0.370 e. The van der Waals surface area contributed by atoms with E-state index in [1.807, 2.05) is 12.1 Å². The van der Waals surface area contributed by atoms with Gasteiger partial charge in [-0.15, -0.1) is 0 Å². The first-order valence-electron chi connectivity index (χ1n) is 7.58. The molecule has 0 spiro atoms. The van der Waals surface area contributed by atoms with Gasteiger partial charge in [-0.25, -0.2) is 0 Å². The van der Waals surface area contributed by atoms with Gasteiger partial charge in [0.05, 0.1) is 0 Å². The van der Waals surface area contributed by atoms with Gasteiger partial charge in [0, 0.05) is 35.9 Å². The molecule has 1 saturated carbocycles. The van der Waals surface area contributed by atoms with Crippen molar-refractivity contribution in [1.29, 1.82) is 0 Å². The molecule has 3 rings (SSSR count). The van der Waals surface area contributed by atoms with Crippen LogP contribution in [0.1, 0.15) is 38.5 Å². The van der Waals surface area contributed by atoms with Crippen LogP contribution in [0.25, 0.3) is 0 Å². The minimum atomic E-state index is 0.660. The van der Waals surface area contributed by atoms with Gasteiger partial charge in [-0.2, -0.15) is 0 Å². The summed E-state index contributed by atoms with van der Waals surface area (Å²) < 4.78 is 0. The second-order valence-electron chi connectivity index (χ2n) is 5.91. The Kier molecular flexibility index (Phi) is 4.29. The molecule has 1 aromatic rings. The van der Waals surface area contributed by atoms with Gasteiger partial charge in [-0.05, 0) is 49.9 Å². The van der Waals surface area contributed by atoms with Crippen LogP contribution >= 0.6 is 11.6 Å². The van der Waals surface area contributed by atoms with Crippen LogP contribution in [0.15, 0.2) is 24.3 Å². The Hall–Kier alpha value is -0.730. The molecule has 0 bridgehead atoms. The maximum Gasteiger partial charge on any atom is 0.0407 e. The van der Waals surface area contributed by atoms with Gasteiger partial charge in [0.15, 0.2) is 0 Å².